The first kappa shape index (κ1) is 18.4. The topological polar surface area (TPSA) is 44.8 Å². The van der Waals surface area contributed by atoms with Crippen LogP contribution in [0.3, 0.4) is 0 Å². The molecular weight excluding hydrogens is 266 g/mol. The quantitative estimate of drug-likeness (QED) is 0.719. The van der Waals surface area contributed by atoms with Crippen LogP contribution < -0.4 is 5.32 Å². The summed E-state index contributed by atoms with van der Waals surface area (Å²) >= 11 is 0. The normalized spacial score (nSPS) is 22.8. The van der Waals surface area contributed by atoms with Gasteiger partial charge in [-0.25, -0.2) is 0 Å². The Morgan fingerprint density at radius 3 is 2.52 bits per heavy atom. The average Bonchev–Trinajstić information content (AvgIpc) is 2.40. The van der Waals surface area contributed by atoms with Gasteiger partial charge in [-0.3, -0.25) is 14.6 Å². The maximum atomic E-state index is 12.3. The molecule has 0 radical (unpaired) electrons. The minimum atomic E-state index is -0.627. The van der Waals surface area contributed by atoms with Crippen molar-refractivity contribution in [3.63, 3.8) is 0 Å². The zero-order chi connectivity index (χ0) is 16.1. The van der Waals surface area contributed by atoms with Crippen molar-refractivity contribution in [2.45, 2.75) is 52.1 Å². The van der Waals surface area contributed by atoms with Crippen LogP contribution >= 0.6 is 0 Å². The van der Waals surface area contributed by atoms with E-state index in [0.29, 0.717) is 13.2 Å². The Morgan fingerprint density at radius 2 is 2.00 bits per heavy atom. The van der Waals surface area contributed by atoms with Crippen LogP contribution in [0.25, 0.3) is 0 Å². The van der Waals surface area contributed by atoms with Crippen molar-refractivity contribution in [1.29, 1.82) is 0 Å². The molecule has 0 aromatic rings. The number of likely N-dealkylation sites (N-methyl/N-ethyl adjacent to an activating group) is 1. The standard InChI is InChI=1S/C16H33N3O2/c1-7-9-17-16(5,14(20)21-8-2)13-19-11-10-18(6)15(3,4)12-19/h17H,7-13H2,1-6H3. The van der Waals surface area contributed by atoms with E-state index < -0.39 is 5.54 Å². The molecular formula is C16H33N3O2. The van der Waals surface area contributed by atoms with Gasteiger partial charge in [-0.2, -0.15) is 0 Å². The van der Waals surface area contributed by atoms with Crippen LogP contribution in [0.1, 0.15) is 41.0 Å². The van der Waals surface area contributed by atoms with Gasteiger partial charge in [0.1, 0.15) is 5.54 Å². The van der Waals surface area contributed by atoms with Crippen molar-refractivity contribution in [3.05, 3.63) is 0 Å². The van der Waals surface area contributed by atoms with E-state index in [2.05, 4.69) is 42.9 Å². The number of carbonyl (C=O) groups excluding carboxylic acids is 1. The summed E-state index contributed by atoms with van der Waals surface area (Å²) in [6, 6.07) is 0. The zero-order valence-corrected chi connectivity index (χ0v) is 14.7. The van der Waals surface area contributed by atoms with Gasteiger partial charge < -0.3 is 10.1 Å². The van der Waals surface area contributed by atoms with E-state index in [1.807, 2.05) is 13.8 Å². The molecule has 21 heavy (non-hydrogen) atoms. The van der Waals surface area contributed by atoms with Gasteiger partial charge in [0.05, 0.1) is 6.61 Å². The first-order valence-corrected chi connectivity index (χ1v) is 8.11. The molecule has 0 aromatic carbocycles. The highest BCUT2D eigenvalue weighted by atomic mass is 16.5. The second-order valence-corrected chi connectivity index (χ2v) is 6.92. The molecule has 0 saturated carbocycles. The molecule has 1 atom stereocenters. The largest absolute Gasteiger partial charge is 0.465 e. The molecule has 0 bridgehead atoms. The van der Waals surface area contributed by atoms with Crippen molar-refractivity contribution in [3.8, 4) is 0 Å². The van der Waals surface area contributed by atoms with Gasteiger partial charge in [-0.05, 0) is 47.7 Å². The minimum Gasteiger partial charge on any atom is -0.465 e. The molecule has 1 aliphatic heterocycles. The maximum Gasteiger partial charge on any atom is 0.327 e. The van der Waals surface area contributed by atoms with Crippen LogP contribution in [0.15, 0.2) is 0 Å². The van der Waals surface area contributed by atoms with E-state index in [1.54, 1.807) is 0 Å². The van der Waals surface area contributed by atoms with E-state index >= 15 is 0 Å². The number of hydrogen-bond donors (Lipinski definition) is 1. The van der Waals surface area contributed by atoms with Crippen LogP contribution in [-0.4, -0.2) is 73.2 Å². The number of ether oxygens (including phenoxy) is 1. The summed E-state index contributed by atoms with van der Waals surface area (Å²) in [6.07, 6.45) is 1.00. The molecule has 124 valence electrons. The van der Waals surface area contributed by atoms with E-state index in [1.165, 1.54) is 0 Å². The van der Waals surface area contributed by atoms with E-state index in [9.17, 15) is 4.79 Å². The molecule has 1 unspecified atom stereocenters. The van der Waals surface area contributed by atoms with Crippen LogP contribution in [0.4, 0.5) is 0 Å². The number of nitrogens with one attached hydrogen (secondary N) is 1. The van der Waals surface area contributed by atoms with Gasteiger partial charge >= 0.3 is 5.97 Å². The predicted molar refractivity (Wildman–Crippen MR) is 86.5 cm³/mol. The second-order valence-electron chi connectivity index (χ2n) is 6.92. The van der Waals surface area contributed by atoms with E-state index in [4.69, 9.17) is 4.74 Å². The number of piperazine rings is 1. The smallest absolute Gasteiger partial charge is 0.327 e. The Balaban J connectivity index is 2.74. The molecule has 0 amide bonds. The highest BCUT2D eigenvalue weighted by molar-refractivity contribution is 5.80. The summed E-state index contributed by atoms with van der Waals surface area (Å²) in [5.74, 6) is -0.143. The molecule has 5 nitrogen and oxygen atoms in total. The van der Waals surface area contributed by atoms with Crippen molar-refractivity contribution in [1.82, 2.24) is 15.1 Å². The summed E-state index contributed by atoms with van der Waals surface area (Å²) in [5, 5.41) is 3.39. The number of nitrogens with zero attached hydrogens (tertiary/aromatic N) is 2. The summed E-state index contributed by atoms with van der Waals surface area (Å²) in [6.45, 7) is 15.4. The second kappa shape index (κ2) is 7.56. The predicted octanol–water partition coefficient (Wildman–Crippen LogP) is 1.33. The molecule has 5 heteroatoms. The monoisotopic (exact) mass is 299 g/mol. The minimum absolute atomic E-state index is 0.137. The lowest BCUT2D eigenvalue weighted by Crippen LogP contribution is -2.64. The molecule has 1 N–H and O–H groups in total. The summed E-state index contributed by atoms with van der Waals surface area (Å²) in [4.78, 5) is 17.1. The van der Waals surface area contributed by atoms with Gasteiger partial charge in [0.2, 0.25) is 0 Å². The third-order valence-electron chi connectivity index (χ3n) is 4.43. The number of esters is 1. The highest BCUT2D eigenvalue weighted by Crippen LogP contribution is 2.21. The molecule has 0 spiro atoms. The van der Waals surface area contributed by atoms with Crippen LogP contribution in [0.5, 0.6) is 0 Å². The van der Waals surface area contributed by atoms with E-state index in [0.717, 1.165) is 32.6 Å². The maximum absolute atomic E-state index is 12.3. The third-order valence-corrected chi connectivity index (χ3v) is 4.43. The van der Waals surface area contributed by atoms with Crippen molar-refractivity contribution in [2.24, 2.45) is 0 Å². The fourth-order valence-corrected chi connectivity index (χ4v) is 2.81. The summed E-state index contributed by atoms with van der Waals surface area (Å²) < 4.78 is 5.28. The average molecular weight is 299 g/mol. The Labute approximate surface area is 130 Å². The van der Waals surface area contributed by atoms with Gasteiger partial charge in [0.15, 0.2) is 0 Å². The van der Waals surface area contributed by atoms with Gasteiger partial charge in [-0.15, -0.1) is 0 Å². The van der Waals surface area contributed by atoms with Gasteiger partial charge in [0, 0.05) is 31.7 Å². The summed E-state index contributed by atoms with van der Waals surface area (Å²) in [7, 11) is 2.16. The molecule has 0 aliphatic carbocycles. The molecule has 1 rings (SSSR count). The van der Waals surface area contributed by atoms with Crippen LogP contribution in [0.2, 0.25) is 0 Å². The van der Waals surface area contributed by atoms with Gasteiger partial charge in [-0.1, -0.05) is 6.92 Å². The molecule has 1 heterocycles. The Hall–Kier alpha value is -0.650. The van der Waals surface area contributed by atoms with Crippen molar-refractivity contribution >= 4 is 5.97 Å². The highest BCUT2D eigenvalue weighted by Gasteiger charge is 2.39. The Kier molecular flexibility index (Phi) is 6.63. The van der Waals surface area contributed by atoms with Crippen LogP contribution in [-0.2, 0) is 9.53 Å². The number of hydrogen-bond acceptors (Lipinski definition) is 5. The molecule has 0 aromatic heterocycles. The van der Waals surface area contributed by atoms with E-state index in [-0.39, 0.29) is 11.5 Å². The SMILES string of the molecule is CCCNC(C)(CN1CCN(C)C(C)(C)C1)C(=O)OCC. The zero-order valence-electron chi connectivity index (χ0n) is 14.7. The fourth-order valence-electron chi connectivity index (χ4n) is 2.81. The molecule has 1 fully saturated rings. The van der Waals surface area contributed by atoms with Crippen LogP contribution in [0, 0.1) is 0 Å². The fraction of sp³-hybridized carbons (Fsp3) is 0.938. The lowest BCUT2D eigenvalue weighted by molar-refractivity contribution is -0.152. The first-order valence-electron chi connectivity index (χ1n) is 8.11. The third kappa shape index (κ3) is 4.94. The number of carbonyl (C=O) groups is 1. The number of rotatable bonds is 7. The molecule has 1 aliphatic rings. The molecule has 1 saturated heterocycles. The van der Waals surface area contributed by atoms with Crippen molar-refractivity contribution < 1.29 is 9.53 Å². The first-order chi connectivity index (χ1) is 9.75. The lowest BCUT2D eigenvalue weighted by atomic mass is 9.96. The Bertz CT molecular complexity index is 346. The summed E-state index contributed by atoms with van der Waals surface area (Å²) in [5.41, 5.74) is -0.489. The van der Waals surface area contributed by atoms with Crippen molar-refractivity contribution in [2.75, 3.05) is 46.4 Å². The Morgan fingerprint density at radius 1 is 1.33 bits per heavy atom. The van der Waals surface area contributed by atoms with Gasteiger partial charge in [0.25, 0.3) is 0 Å². The lowest BCUT2D eigenvalue weighted by Gasteiger charge is -2.47.